The largest absolute Gasteiger partial charge is 0.374 e. The number of ether oxygens (including phenoxy) is 1. The van der Waals surface area contributed by atoms with E-state index < -0.39 is 0 Å². The number of hydrazine groups is 1. The van der Waals surface area contributed by atoms with Gasteiger partial charge < -0.3 is 4.74 Å². The molecule has 1 unspecified atom stereocenters. The third-order valence-electron chi connectivity index (χ3n) is 2.85. The van der Waals surface area contributed by atoms with Crippen molar-refractivity contribution in [1.82, 2.24) is 15.2 Å². The predicted octanol–water partition coefficient (Wildman–Crippen LogP) is 2.05. The highest BCUT2D eigenvalue weighted by Gasteiger charge is 2.19. The number of aryl methyl sites for hydroxylation is 2. The van der Waals surface area contributed by atoms with Gasteiger partial charge >= 0.3 is 0 Å². The SMILES string of the molecule is CCn1nc(C)c(Cl)c1CC(COC(C)(C)C)NN. The molecule has 0 saturated heterocycles. The molecule has 0 bridgehead atoms. The van der Waals surface area contributed by atoms with Crippen molar-refractivity contribution in [2.24, 2.45) is 5.84 Å². The van der Waals surface area contributed by atoms with Crippen LogP contribution < -0.4 is 11.3 Å². The molecule has 110 valence electrons. The molecule has 1 heterocycles. The Labute approximate surface area is 120 Å². The zero-order chi connectivity index (χ0) is 14.6. The third-order valence-corrected chi connectivity index (χ3v) is 3.34. The van der Waals surface area contributed by atoms with E-state index >= 15 is 0 Å². The van der Waals surface area contributed by atoms with Crippen LogP contribution in [-0.4, -0.2) is 28.0 Å². The van der Waals surface area contributed by atoms with Gasteiger partial charge in [-0.3, -0.25) is 16.0 Å². The first kappa shape index (κ1) is 16.4. The van der Waals surface area contributed by atoms with Crippen LogP contribution in [0.2, 0.25) is 5.02 Å². The molecule has 0 saturated carbocycles. The smallest absolute Gasteiger partial charge is 0.0847 e. The van der Waals surface area contributed by atoms with Gasteiger partial charge in [-0.1, -0.05) is 11.6 Å². The third kappa shape index (κ3) is 4.76. The molecule has 0 aromatic carbocycles. The van der Waals surface area contributed by atoms with Crippen molar-refractivity contribution in [3.05, 3.63) is 16.4 Å². The van der Waals surface area contributed by atoms with E-state index in [2.05, 4.69) is 10.5 Å². The highest BCUT2D eigenvalue weighted by Crippen LogP contribution is 2.22. The molecule has 0 radical (unpaired) electrons. The highest BCUT2D eigenvalue weighted by atomic mass is 35.5. The molecule has 5 nitrogen and oxygen atoms in total. The lowest BCUT2D eigenvalue weighted by atomic mass is 10.1. The van der Waals surface area contributed by atoms with Crippen LogP contribution in [0.1, 0.15) is 39.1 Å². The minimum absolute atomic E-state index is 0.0122. The Morgan fingerprint density at radius 2 is 2.11 bits per heavy atom. The Bertz CT molecular complexity index is 412. The Morgan fingerprint density at radius 1 is 1.47 bits per heavy atom. The lowest BCUT2D eigenvalue weighted by Crippen LogP contribution is -2.42. The number of hydrogen-bond donors (Lipinski definition) is 2. The van der Waals surface area contributed by atoms with Crippen LogP contribution in [0.4, 0.5) is 0 Å². The molecule has 1 rings (SSSR count). The Hall–Kier alpha value is -0.620. The van der Waals surface area contributed by atoms with Crippen molar-refractivity contribution in [2.45, 2.75) is 59.2 Å². The highest BCUT2D eigenvalue weighted by molar-refractivity contribution is 6.31. The van der Waals surface area contributed by atoms with E-state index in [1.54, 1.807) is 0 Å². The summed E-state index contributed by atoms with van der Waals surface area (Å²) in [5.74, 6) is 5.60. The van der Waals surface area contributed by atoms with Gasteiger partial charge in [-0.2, -0.15) is 5.10 Å². The molecule has 0 amide bonds. The molecular formula is C13H25ClN4O. The summed E-state index contributed by atoms with van der Waals surface area (Å²) >= 11 is 6.29. The maximum Gasteiger partial charge on any atom is 0.0847 e. The van der Waals surface area contributed by atoms with Gasteiger partial charge in [0.1, 0.15) is 0 Å². The second-order valence-corrected chi connectivity index (χ2v) is 6.03. The zero-order valence-corrected chi connectivity index (χ0v) is 13.2. The van der Waals surface area contributed by atoms with Crippen molar-refractivity contribution in [1.29, 1.82) is 0 Å². The summed E-state index contributed by atoms with van der Waals surface area (Å²) in [6, 6.07) is 0.0122. The maximum absolute atomic E-state index is 6.29. The van der Waals surface area contributed by atoms with Gasteiger partial charge in [0, 0.05) is 13.0 Å². The summed E-state index contributed by atoms with van der Waals surface area (Å²) in [5, 5.41) is 5.12. The van der Waals surface area contributed by atoms with Crippen molar-refractivity contribution in [3.63, 3.8) is 0 Å². The first-order valence-corrected chi connectivity index (χ1v) is 6.98. The van der Waals surface area contributed by atoms with E-state index in [1.807, 2.05) is 39.3 Å². The van der Waals surface area contributed by atoms with Gasteiger partial charge in [-0.15, -0.1) is 0 Å². The monoisotopic (exact) mass is 288 g/mol. The standard InChI is InChI=1S/C13H25ClN4O/c1-6-18-11(12(14)9(2)17-18)7-10(16-15)8-19-13(3,4)5/h10,16H,6-8,15H2,1-5H3. The molecule has 19 heavy (non-hydrogen) atoms. The number of halogens is 1. The van der Waals surface area contributed by atoms with E-state index in [0.717, 1.165) is 23.0 Å². The van der Waals surface area contributed by atoms with Crippen molar-refractivity contribution in [2.75, 3.05) is 6.61 Å². The summed E-state index contributed by atoms with van der Waals surface area (Å²) in [4.78, 5) is 0. The van der Waals surface area contributed by atoms with Gasteiger partial charge in [0.05, 0.1) is 34.7 Å². The summed E-state index contributed by atoms with van der Waals surface area (Å²) in [7, 11) is 0. The summed E-state index contributed by atoms with van der Waals surface area (Å²) in [5.41, 5.74) is 4.46. The topological polar surface area (TPSA) is 65.1 Å². The molecule has 0 aliphatic rings. The fourth-order valence-electron chi connectivity index (χ4n) is 1.81. The Kier molecular flexibility index (Phi) is 5.80. The molecule has 1 aromatic rings. The molecule has 1 atom stereocenters. The van der Waals surface area contributed by atoms with E-state index in [-0.39, 0.29) is 11.6 Å². The van der Waals surface area contributed by atoms with Crippen molar-refractivity contribution >= 4 is 11.6 Å². The summed E-state index contributed by atoms with van der Waals surface area (Å²) in [6.45, 7) is 11.3. The number of nitrogens with zero attached hydrogens (tertiary/aromatic N) is 2. The van der Waals surface area contributed by atoms with Crippen LogP contribution in [0.5, 0.6) is 0 Å². The lowest BCUT2D eigenvalue weighted by Gasteiger charge is -2.24. The predicted molar refractivity (Wildman–Crippen MR) is 78.2 cm³/mol. The average molecular weight is 289 g/mol. The maximum atomic E-state index is 6.29. The first-order chi connectivity index (χ1) is 8.78. The number of nitrogens with one attached hydrogen (secondary N) is 1. The van der Waals surface area contributed by atoms with Crippen LogP contribution in [0, 0.1) is 6.92 Å². The van der Waals surface area contributed by atoms with E-state index in [4.69, 9.17) is 22.2 Å². The van der Waals surface area contributed by atoms with Gasteiger partial charge in [0.2, 0.25) is 0 Å². The molecule has 0 spiro atoms. The van der Waals surface area contributed by atoms with Crippen molar-refractivity contribution < 1.29 is 4.74 Å². The Morgan fingerprint density at radius 3 is 2.58 bits per heavy atom. The fraction of sp³-hybridized carbons (Fsp3) is 0.769. The second kappa shape index (κ2) is 6.70. The minimum Gasteiger partial charge on any atom is -0.374 e. The number of rotatable bonds is 6. The van der Waals surface area contributed by atoms with Crippen LogP contribution in [0.3, 0.4) is 0 Å². The fourth-order valence-corrected chi connectivity index (χ4v) is 2.03. The van der Waals surface area contributed by atoms with Crippen LogP contribution >= 0.6 is 11.6 Å². The van der Waals surface area contributed by atoms with Crippen LogP contribution in [0.15, 0.2) is 0 Å². The molecule has 6 heteroatoms. The second-order valence-electron chi connectivity index (χ2n) is 5.65. The molecule has 0 aliphatic carbocycles. The molecule has 0 fully saturated rings. The van der Waals surface area contributed by atoms with Gasteiger partial charge in [0.25, 0.3) is 0 Å². The van der Waals surface area contributed by atoms with Crippen LogP contribution in [-0.2, 0) is 17.7 Å². The van der Waals surface area contributed by atoms with Crippen LogP contribution in [0.25, 0.3) is 0 Å². The van der Waals surface area contributed by atoms with E-state index in [9.17, 15) is 0 Å². The number of aromatic nitrogens is 2. The van der Waals surface area contributed by atoms with Gasteiger partial charge in [-0.25, -0.2) is 0 Å². The average Bonchev–Trinajstić information content (AvgIpc) is 2.60. The molecule has 0 aliphatic heterocycles. The first-order valence-electron chi connectivity index (χ1n) is 6.60. The molecular weight excluding hydrogens is 264 g/mol. The Balaban J connectivity index is 2.75. The van der Waals surface area contributed by atoms with Crippen molar-refractivity contribution in [3.8, 4) is 0 Å². The lowest BCUT2D eigenvalue weighted by molar-refractivity contribution is -0.0145. The normalized spacial score (nSPS) is 13.8. The minimum atomic E-state index is -0.181. The quantitative estimate of drug-likeness (QED) is 0.621. The summed E-state index contributed by atoms with van der Waals surface area (Å²) < 4.78 is 7.68. The van der Waals surface area contributed by atoms with E-state index in [1.165, 1.54) is 0 Å². The zero-order valence-electron chi connectivity index (χ0n) is 12.5. The molecule has 1 aromatic heterocycles. The number of hydrogen-bond acceptors (Lipinski definition) is 4. The van der Waals surface area contributed by atoms with Gasteiger partial charge in [0.15, 0.2) is 0 Å². The number of nitrogens with two attached hydrogens (primary N) is 1. The summed E-state index contributed by atoms with van der Waals surface area (Å²) in [6.07, 6.45) is 0.695. The molecule has 3 N–H and O–H groups in total. The van der Waals surface area contributed by atoms with Gasteiger partial charge in [-0.05, 0) is 34.6 Å². The van der Waals surface area contributed by atoms with E-state index in [0.29, 0.717) is 13.0 Å².